The summed E-state index contributed by atoms with van der Waals surface area (Å²) in [7, 11) is 0. The summed E-state index contributed by atoms with van der Waals surface area (Å²) in [4.78, 5) is 10.1. The van der Waals surface area contributed by atoms with Gasteiger partial charge < -0.3 is 16.6 Å². The third kappa shape index (κ3) is 4.02. The molecule has 4 nitrogen and oxygen atoms in total. The summed E-state index contributed by atoms with van der Waals surface area (Å²) in [6.07, 6.45) is 0. The molecule has 0 radical (unpaired) electrons. The van der Waals surface area contributed by atoms with Crippen molar-refractivity contribution in [2.24, 2.45) is 0 Å². The van der Waals surface area contributed by atoms with E-state index in [1.165, 1.54) is 11.3 Å². The lowest BCUT2D eigenvalue weighted by atomic mass is 10.3. The Balaban J connectivity index is 0.000000160. The number of carboxylic acid groups (broad SMARTS) is 1. The van der Waals surface area contributed by atoms with E-state index in [-0.39, 0.29) is 0 Å². The molecule has 0 unspecified atom stereocenters. The van der Waals surface area contributed by atoms with Crippen molar-refractivity contribution < 1.29 is 9.90 Å². The van der Waals surface area contributed by atoms with Gasteiger partial charge in [0.2, 0.25) is 0 Å². The number of benzene rings is 1. The van der Waals surface area contributed by atoms with E-state index in [1.54, 1.807) is 41.1 Å². The average molecular weight is 236 g/mol. The summed E-state index contributed by atoms with van der Waals surface area (Å²) in [6.45, 7) is 0. The van der Waals surface area contributed by atoms with Crippen molar-refractivity contribution in [3.63, 3.8) is 0 Å². The Hall–Kier alpha value is -2.01. The minimum atomic E-state index is -0.855. The molecule has 0 atom stereocenters. The smallest absolute Gasteiger partial charge is 0.336 e. The second-order valence-corrected chi connectivity index (χ2v) is 3.76. The number of carboxylic acids is 1. The number of nitrogens with two attached hydrogens (primary N) is 2. The van der Waals surface area contributed by atoms with Crippen molar-refractivity contribution in [1.82, 2.24) is 0 Å². The molecule has 0 saturated heterocycles. The number of carbonyl (C=O) groups is 1. The van der Waals surface area contributed by atoms with E-state index < -0.39 is 5.97 Å². The molecule has 1 aromatic carbocycles. The highest BCUT2D eigenvalue weighted by Crippen LogP contribution is 2.05. The number of aromatic carboxylic acids is 1. The van der Waals surface area contributed by atoms with Crippen LogP contribution >= 0.6 is 11.3 Å². The SMILES string of the molecule is Nc1ccc(N)cc1.O=C(O)c1ccsc1. The Morgan fingerprint density at radius 1 is 1.06 bits per heavy atom. The van der Waals surface area contributed by atoms with Crippen LogP contribution in [0.4, 0.5) is 11.4 Å². The van der Waals surface area contributed by atoms with Gasteiger partial charge in [-0.15, -0.1) is 0 Å². The maximum atomic E-state index is 10.1. The average Bonchev–Trinajstić information content (AvgIpc) is 2.77. The van der Waals surface area contributed by atoms with E-state index in [1.807, 2.05) is 0 Å². The molecule has 0 saturated carbocycles. The number of rotatable bonds is 1. The number of nitrogen functional groups attached to an aromatic ring is 2. The predicted molar refractivity (Wildman–Crippen MR) is 66.5 cm³/mol. The van der Waals surface area contributed by atoms with E-state index in [0.717, 1.165) is 11.4 Å². The van der Waals surface area contributed by atoms with Crippen molar-refractivity contribution in [3.05, 3.63) is 46.7 Å². The highest BCUT2D eigenvalue weighted by Gasteiger charge is 1.98. The summed E-state index contributed by atoms with van der Waals surface area (Å²) >= 11 is 1.39. The maximum absolute atomic E-state index is 10.1. The van der Waals surface area contributed by atoms with Gasteiger partial charge in [0.05, 0.1) is 5.56 Å². The van der Waals surface area contributed by atoms with Gasteiger partial charge >= 0.3 is 5.97 Å². The fraction of sp³-hybridized carbons (Fsp3) is 0. The summed E-state index contributed by atoms with van der Waals surface area (Å²) in [5.41, 5.74) is 12.6. The fourth-order valence-corrected chi connectivity index (χ4v) is 1.51. The Bertz CT molecular complexity index is 417. The van der Waals surface area contributed by atoms with Crippen LogP contribution < -0.4 is 11.5 Å². The lowest BCUT2D eigenvalue weighted by molar-refractivity contribution is 0.0697. The van der Waals surface area contributed by atoms with Crippen molar-refractivity contribution in [3.8, 4) is 0 Å². The van der Waals surface area contributed by atoms with Crippen LogP contribution in [0.15, 0.2) is 41.1 Å². The normalized spacial score (nSPS) is 9.00. The number of hydrogen-bond acceptors (Lipinski definition) is 4. The van der Waals surface area contributed by atoms with E-state index in [2.05, 4.69) is 0 Å². The summed E-state index contributed by atoms with van der Waals surface area (Å²) in [6, 6.07) is 8.67. The van der Waals surface area contributed by atoms with Crippen LogP contribution in [0.5, 0.6) is 0 Å². The summed E-state index contributed by atoms with van der Waals surface area (Å²) in [5, 5.41) is 11.6. The minimum Gasteiger partial charge on any atom is -0.478 e. The van der Waals surface area contributed by atoms with Gasteiger partial charge in [0.15, 0.2) is 0 Å². The Kier molecular flexibility index (Phi) is 4.35. The van der Waals surface area contributed by atoms with Crippen LogP contribution in [-0.4, -0.2) is 11.1 Å². The zero-order valence-electron chi connectivity index (χ0n) is 8.46. The zero-order valence-corrected chi connectivity index (χ0v) is 9.28. The van der Waals surface area contributed by atoms with Gasteiger partial charge in [-0.1, -0.05) is 0 Å². The monoisotopic (exact) mass is 236 g/mol. The molecule has 2 aromatic rings. The van der Waals surface area contributed by atoms with Crippen LogP contribution in [0.1, 0.15) is 10.4 Å². The molecule has 1 heterocycles. The molecule has 1 aromatic heterocycles. The van der Waals surface area contributed by atoms with E-state index >= 15 is 0 Å². The zero-order chi connectivity index (χ0) is 12.0. The first-order valence-electron chi connectivity index (χ1n) is 4.46. The van der Waals surface area contributed by atoms with Gasteiger partial charge in [0, 0.05) is 16.8 Å². The molecule has 0 aliphatic carbocycles. The largest absolute Gasteiger partial charge is 0.478 e. The third-order valence-electron chi connectivity index (χ3n) is 1.70. The van der Waals surface area contributed by atoms with E-state index in [9.17, 15) is 4.79 Å². The van der Waals surface area contributed by atoms with Crippen molar-refractivity contribution in [2.75, 3.05) is 11.5 Å². The molecule has 0 spiro atoms. The van der Waals surface area contributed by atoms with Crippen molar-refractivity contribution in [1.29, 1.82) is 0 Å². The first kappa shape index (κ1) is 12.1. The molecule has 0 fully saturated rings. The van der Waals surface area contributed by atoms with E-state index in [0.29, 0.717) is 5.56 Å². The standard InChI is InChI=1S/C6H8N2.C5H4O2S/c7-5-1-2-6(8)4-3-5;6-5(7)4-1-2-8-3-4/h1-4H,7-8H2;1-3H,(H,6,7). The Morgan fingerprint density at radius 2 is 1.56 bits per heavy atom. The van der Waals surface area contributed by atoms with Gasteiger partial charge in [-0.2, -0.15) is 11.3 Å². The first-order chi connectivity index (χ1) is 7.59. The van der Waals surface area contributed by atoms with Crippen LogP contribution in [0.3, 0.4) is 0 Å². The van der Waals surface area contributed by atoms with Crippen LogP contribution in [0.2, 0.25) is 0 Å². The van der Waals surface area contributed by atoms with Gasteiger partial charge in [0.25, 0.3) is 0 Å². The molecule has 5 N–H and O–H groups in total. The van der Waals surface area contributed by atoms with Gasteiger partial charge in [0.1, 0.15) is 0 Å². The summed E-state index contributed by atoms with van der Waals surface area (Å²) in [5.74, 6) is -0.855. The summed E-state index contributed by atoms with van der Waals surface area (Å²) < 4.78 is 0. The fourth-order valence-electron chi connectivity index (χ4n) is 0.882. The molecule has 0 amide bonds. The lowest BCUT2D eigenvalue weighted by Gasteiger charge is -1.90. The Labute approximate surface area is 97.1 Å². The molecule has 0 bridgehead atoms. The number of anilines is 2. The van der Waals surface area contributed by atoms with Crippen molar-refractivity contribution in [2.45, 2.75) is 0 Å². The second-order valence-electron chi connectivity index (χ2n) is 2.98. The van der Waals surface area contributed by atoms with Crippen LogP contribution in [0.25, 0.3) is 0 Å². The number of hydrogen-bond donors (Lipinski definition) is 3. The van der Waals surface area contributed by atoms with Crippen molar-refractivity contribution >= 4 is 28.7 Å². The topological polar surface area (TPSA) is 89.3 Å². The van der Waals surface area contributed by atoms with Crippen LogP contribution in [-0.2, 0) is 0 Å². The maximum Gasteiger partial charge on any atom is 0.336 e. The molecule has 2 rings (SSSR count). The molecular formula is C11H12N2O2S. The second kappa shape index (κ2) is 5.77. The van der Waals surface area contributed by atoms with Gasteiger partial charge in [-0.05, 0) is 35.7 Å². The predicted octanol–water partition coefficient (Wildman–Crippen LogP) is 2.30. The molecule has 0 aliphatic rings. The first-order valence-corrected chi connectivity index (χ1v) is 5.40. The number of thiophene rings is 1. The third-order valence-corrected chi connectivity index (χ3v) is 2.39. The Morgan fingerprint density at radius 3 is 1.81 bits per heavy atom. The van der Waals surface area contributed by atoms with E-state index in [4.69, 9.17) is 16.6 Å². The highest BCUT2D eigenvalue weighted by molar-refractivity contribution is 7.08. The van der Waals surface area contributed by atoms with Crippen LogP contribution in [0, 0.1) is 0 Å². The van der Waals surface area contributed by atoms with Gasteiger partial charge in [-0.3, -0.25) is 0 Å². The lowest BCUT2D eigenvalue weighted by Crippen LogP contribution is -1.90. The highest BCUT2D eigenvalue weighted by atomic mass is 32.1. The minimum absolute atomic E-state index is 0.370. The molecule has 5 heteroatoms. The molecular weight excluding hydrogens is 224 g/mol. The molecule has 16 heavy (non-hydrogen) atoms. The molecule has 0 aliphatic heterocycles. The van der Waals surface area contributed by atoms with Gasteiger partial charge in [-0.25, -0.2) is 4.79 Å². The quantitative estimate of drug-likeness (QED) is 0.663. The molecule has 84 valence electrons.